The van der Waals surface area contributed by atoms with E-state index in [9.17, 15) is 5.26 Å². The lowest BCUT2D eigenvalue weighted by Gasteiger charge is -2.18. The van der Waals surface area contributed by atoms with Crippen molar-refractivity contribution >= 4 is 43.4 Å². The van der Waals surface area contributed by atoms with E-state index in [-0.39, 0.29) is 0 Å². The Bertz CT molecular complexity index is 2940. The molecule has 2 heteroatoms. The number of hydrogen-bond donors (Lipinski definition) is 0. The quantitative estimate of drug-likeness (QED) is 0.167. The van der Waals surface area contributed by atoms with Crippen molar-refractivity contribution in [3.63, 3.8) is 0 Å². The summed E-state index contributed by atoms with van der Waals surface area (Å²) in [6.07, 6.45) is 0. The first-order valence-corrected chi connectivity index (χ1v) is 18.0. The van der Waals surface area contributed by atoms with Crippen molar-refractivity contribution in [1.29, 1.82) is 5.26 Å². The summed E-state index contributed by atoms with van der Waals surface area (Å²) in [4.78, 5) is 0. The van der Waals surface area contributed by atoms with E-state index in [1.807, 2.05) is 6.07 Å². The largest absolute Gasteiger partial charge is 0.309 e. The maximum absolute atomic E-state index is 10.6. The van der Waals surface area contributed by atoms with Gasteiger partial charge in [-0.25, -0.2) is 0 Å². The molecule has 0 aliphatic heterocycles. The van der Waals surface area contributed by atoms with Crippen LogP contribution < -0.4 is 0 Å². The van der Waals surface area contributed by atoms with E-state index >= 15 is 0 Å². The highest BCUT2D eigenvalue weighted by Crippen LogP contribution is 2.44. The molecule has 10 aromatic rings. The van der Waals surface area contributed by atoms with Crippen LogP contribution in [0.4, 0.5) is 0 Å². The second kappa shape index (κ2) is 12.5. The Hall–Kier alpha value is -7.21. The van der Waals surface area contributed by atoms with Gasteiger partial charge in [-0.15, -0.1) is 0 Å². The zero-order chi connectivity index (χ0) is 35.3. The van der Waals surface area contributed by atoms with Crippen LogP contribution in [0.25, 0.3) is 93.5 Å². The number of nitrogens with zero attached hydrogens (tertiary/aromatic N) is 2. The van der Waals surface area contributed by atoms with Crippen molar-refractivity contribution in [1.82, 2.24) is 4.57 Å². The Morgan fingerprint density at radius 2 is 0.774 bits per heavy atom. The van der Waals surface area contributed by atoms with E-state index in [0.717, 1.165) is 39.0 Å². The number of hydrogen-bond acceptors (Lipinski definition) is 1. The summed E-state index contributed by atoms with van der Waals surface area (Å²) >= 11 is 0. The van der Waals surface area contributed by atoms with Crippen molar-refractivity contribution in [3.8, 4) is 56.3 Å². The molecule has 0 fully saturated rings. The fourth-order valence-electron chi connectivity index (χ4n) is 8.34. The Morgan fingerprint density at radius 1 is 0.340 bits per heavy atom. The molecule has 0 N–H and O–H groups in total. The highest BCUT2D eigenvalue weighted by Gasteiger charge is 2.18. The molecule has 1 heterocycles. The Kier molecular flexibility index (Phi) is 7.23. The third-order valence-corrected chi connectivity index (χ3v) is 10.7. The molecule has 2 nitrogen and oxygen atoms in total. The molecule has 0 bridgehead atoms. The van der Waals surface area contributed by atoms with Gasteiger partial charge in [-0.3, -0.25) is 0 Å². The molecule has 0 atom stereocenters. The molecule has 10 rings (SSSR count). The van der Waals surface area contributed by atoms with E-state index in [2.05, 4.69) is 199 Å². The van der Waals surface area contributed by atoms with Gasteiger partial charge >= 0.3 is 0 Å². The second-order valence-corrected chi connectivity index (χ2v) is 13.5. The van der Waals surface area contributed by atoms with Crippen molar-refractivity contribution in [2.75, 3.05) is 0 Å². The van der Waals surface area contributed by atoms with Crippen molar-refractivity contribution < 1.29 is 0 Å². The molecule has 0 aliphatic carbocycles. The second-order valence-electron chi connectivity index (χ2n) is 13.5. The van der Waals surface area contributed by atoms with Crippen LogP contribution in [0.2, 0.25) is 0 Å². The molecule has 9 aromatic carbocycles. The van der Waals surface area contributed by atoms with Crippen LogP contribution in [0.5, 0.6) is 0 Å². The summed E-state index contributed by atoms with van der Waals surface area (Å²) in [5.41, 5.74) is 12.9. The van der Waals surface area contributed by atoms with E-state index in [1.54, 1.807) is 0 Å². The molecular formula is C51H32N2. The van der Waals surface area contributed by atoms with Gasteiger partial charge in [0.15, 0.2) is 0 Å². The number of nitriles is 1. The highest BCUT2D eigenvalue weighted by molar-refractivity contribution is 6.21. The molecule has 0 unspecified atom stereocenters. The number of para-hydroxylation sites is 2. The van der Waals surface area contributed by atoms with Gasteiger partial charge in [0, 0.05) is 22.0 Å². The summed E-state index contributed by atoms with van der Waals surface area (Å²) in [5, 5.41) is 17.9. The standard InChI is InChI=1S/C51H32N2/c52-33-37-32-38(53-48-24-12-10-18-42(48)43-19-11-13-25-49(43)53)30-31-40(37)41-17-5-4-16-39(41)34-26-28-36(29-27-34)51-46-22-8-6-20-44(46)50(35-14-2-1-3-15-35)45-21-7-9-23-47(45)51/h1-32H. The average molecular weight is 673 g/mol. The Morgan fingerprint density at radius 3 is 1.32 bits per heavy atom. The lowest BCUT2D eigenvalue weighted by Crippen LogP contribution is -1.96. The molecular weight excluding hydrogens is 641 g/mol. The predicted molar refractivity (Wildman–Crippen MR) is 222 cm³/mol. The fraction of sp³-hybridized carbons (Fsp3) is 0. The zero-order valence-corrected chi connectivity index (χ0v) is 28.9. The van der Waals surface area contributed by atoms with E-state index in [0.29, 0.717) is 5.56 Å². The SMILES string of the molecule is N#Cc1cc(-n2c3ccccc3c3ccccc32)ccc1-c1ccccc1-c1ccc(-c2c3ccccc3c(-c3ccccc3)c3ccccc23)cc1. The zero-order valence-electron chi connectivity index (χ0n) is 28.9. The first-order chi connectivity index (χ1) is 26.3. The Labute approximate surface area is 308 Å². The van der Waals surface area contributed by atoms with Crippen LogP contribution in [-0.4, -0.2) is 4.57 Å². The van der Waals surface area contributed by atoms with Crippen LogP contribution in [0.1, 0.15) is 5.56 Å². The maximum Gasteiger partial charge on any atom is 0.0998 e. The molecule has 1 aromatic heterocycles. The summed E-state index contributed by atoms with van der Waals surface area (Å²) in [7, 11) is 0. The highest BCUT2D eigenvalue weighted by atomic mass is 15.0. The van der Waals surface area contributed by atoms with Gasteiger partial charge in [0.1, 0.15) is 0 Å². The van der Waals surface area contributed by atoms with Gasteiger partial charge in [-0.1, -0.05) is 170 Å². The molecule has 0 amide bonds. The first-order valence-electron chi connectivity index (χ1n) is 18.0. The summed E-state index contributed by atoms with van der Waals surface area (Å²) in [6, 6.07) is 71.4. The molecule has 0 radical (unpaired) electrons. The van der Waals surface area contributed by atoms with Gasteiger partial charge in [0.05, 0.1) is 22.7 Å². The minimum atomic E-state index is 0.643. The van der Waals surface area contributed by atoms with Gasteiger partial charge in [0.25, 0.3) is 0 Å². The van der Waals surface area contributed by atoms with Crippen LogP contribution >= 0.6 is 0 Å². The van der Waals surface area contributed by atoms with Gasteiger partial charge < -0.3 is 4.57 Å². The third-order valence-electron chi connectivity index (χ3n) is 10.7. The molecule has 0 saturated heterocycles. The Balaban J connectivity index is 1.09. The molecule has 246 valence electrons. The minimum Gasteiger partial charge on any atom is -0.309 e. The van der Waals surface area contributed by atoms with E-state index < -0.39 is 0 Å². The monoisotopic (exact) mass is 672 g/mol. The van der Waals surface area contributed by atoms with Gasteiger partial charge in [0.2, 0.25) is 0 Å². The summed E-state index contributed by atoms with van der Waals surface area (Å²) in [6.45, 7) is 0. The van der Waals surface area contributed by atoms with Crippen molar-refractivity contribution in [3.05, 3.63) is 200 Å². The van der Waals surface area contributed by atoms with Crippen LogP contribution in [0, 0.1) is 11.3 Å². The van der Waals surface area contributed by atoms with Crippen molar-refractivity contribution in [2.24, 2.45) is 0 Å². The summed E-state index contributed by atoms with van der Waals surface area (Å²) < 4.78 is 2.26. The van der Waals surface area contributed by atoms with Crippen LogP contribution in [0.3, 0.4) is 0 Å². The normalized spacial score (nSPS) is 11.4. The lowest BCUT2D eigenvalue weighted by molar-refractivity contribution is 1.18. The molecule has 0 aliphatic rings. The van der Waals surface area contributed by atoms with Gasteiger partial charge in [-0.2, -0.15) is 5.26 Å². The number of aromatic nitrogens is 1. The molecule has 0 saturated carbocycles. The van der Waals surface area contributed by atoms with Crippen molar-refractivity contribution in [2.45, 2.75) is 0 Å². The number of fused-ring (bicyclic) bond motifs is 5. The van der Waals surface area contributed by atoms with Crippen LogP contribution in [0.15, 0.2) is 194 Å². The first kappa shape index (κ1) is 30.6. The molecule has 0 spiro atoms. The van der Waals surface area contributed by atoms with E-state index in [4.69, 9.17) is 0 Å². The number of rotatable bonds is 5. The third kappa shape index (κ3) is 4.94. The van der Waals surface area contributed by atoms with Gasteiger partial charge in [-0.05, 0) is 84.8 Å². The summed E-state index contributed by atoms with van der Waals surface area (Å²) in [5.74, 6) is 0. The lowest BCUT2D eigenvalue weighted by atomic mass is 9.85. The smallest absolute Gasteiger partial charge is 0.0998 e. The molecule has 53 heavy (non-hydrogen) atoms. The minimum absolute atomic E-state index is 0.643. The maximum atomic E-state index is 10.6. The fourth-order valence-corrected chi connectivity index (χ4v) is 8.34. The van der Waals surface area contributed by atoms with Crippen LogP contribution in [-0.2, 0) is 0 Å². The average Bonchev–Trinajstić information content (AvgIpc) is 3.57. The topological polar surface area (TPSA) is 28.7 Å². The predicted octanol–water partition coefficient (Wildman–Crippen LogP) is 13.6. The van der Waals surface area contributed by atoms with E-state index in [1.165, 1.54) is 54.6 Å². The number of benzene rings is 9.